The van der Waals surface area contributed by atoms with Crippen molar-refractivity contribution in [1.29, 1.82) is 0 Å². The van der Waals surface area contributed by atoms with Gasteiger partial charge in [-0.25, -0.2) is 0 Å². The summed E-state index contributed by atoms with van der Waals surface area (Å²) in [5.41, 5.74) is 0. The molecule has 2 N–H and O–H groups in total. The van der Waals surface area contributed by atoms with Crippen LogP contribution >= 0.6 is 0 Å². The zero-order valence-electron chi connectivity index (χ0n) is 11.0. The molecule has 0 amide bonds. The molecule has 100 valence electrons. The lowest BCUT2D eigenvalue weighted by Crippen LogP contribution is -2.36. The van der Waals surface area contributed by atoms with Gasteiger partial charge >= 0.3 is 0 Å². The van der Waals surface area contributed by atoms with Crippen LogP contribution in [-0.2, 0) is 0 Å². The van der Waals surface area contributed by atoms with E-state index < -0.39 is 6.10 Å². The minimum atomic E-state index is -0.443. The summed E-state index contributed by atoms with van der Waals surface area (Å²) in [5, 5.41) is 13.3. The summed E-state index contributed by atoms with van der Waals surface area (Å²) < 4.78 is 5.51. The molecule has 3 heteroatoms. The van der Waals surface area contributed by atoms with Crippen LogP contribution in [0.1, 0.15) is 26.2 Å². The van der Waals surface area contributed by atoms with Crippen molar-refractivity contribution in [3.63, 3.8) is 0 Å². The molecule has 0 saturated heterocycles. The zero-order valence-corrected chi connectivity index (χ0v) is 11.0. The minimum absolute atomic E-state index is 0.347. The first-order valence-electron chi connectivity index (χ1n) is 6.83. The standard InChI is InChI=1S/C15H23NO2/c1-12-7-8-13(9-12)16-10-14(17)11-18-15-5-3-2-4-6-15/h2-6,12-14,16-17H,7-11H2,1H3. The highest BCUT2D eigenvalue weighted by Crippen LogP contribution is 2.24. The fourth-order valence-corrected chi connectivity index (χ4v) is 2.46. The molecule has 0 heterocycles. The Balaban J connectivity index is 1.62. The van der Waals surface area contributed by atoms with Crippen LogP contribution in [0.3, 0.4) is 0 Å². The van der Waals surface area contributed by atoms with Crippen LogP contribution in [0.25, 0.3) is 0 Å². The van der Waals surface area contributed by atoms with Gasteiger partial charge in [-0.2, -0.15) is 0 Å². The van der Waals surface area contributed by atoms with Crippen molar-refractivity contribution in [2.24, 2.45) is 5.92 Å². The summed E-state index contributed by atoms with van der Waals surface area (Å²) in [6.45, 7) is 3.25. The zero-order chi connectivity index (χ0) is 12.8. The fourth-order valence-electron chi connectivity index (χ4n) is 2.46. The lowest BCUT2D eigenvalue weighted by Gasteiger charge is -2.17. The fraction of sp³-hybridized carbons (Fsp3) is 0.600. The molecule has 3 atom stereocenters. The van der Waals surface area contributed by atoms with E-state index in [4.69, 9.17) is 4.74 Å². The highest BCUT2D eigenvalue weighted by atomic mass is 16.5. The van der Waals surface area contributed by atoms with Gasteiger partial charge in [0.1, 0.15) is 18.5 Å². The van der Waals surface area contributed by atoms with Gasteiger partial charge in [-0.15, -0.1) is 0 Å². The van der Waals surface area contributed by atoms with E-state index in [0.29, 0.717) is 19.2 Å². The van der Waals surface area contributed by atoms with E-state index in [1.165, 1.54) is 19.3 Å². The van der Waals surface area contributed by atoms with Gasteiger partial charge in [-0.3, -0.25) is 0 Å². The summed E-state index contributed by atoms with van der Waals surface area (Å²) in [7, 11) is 0. The number of benzene rings is 1. The van der Waals surface area contributed by atoms with Gasteiger partial charge in [0.25, 0.3) is 0 Å². The SMILES string of the molecule is CC1CCC(NCC(O)COc2ccccc2)C1. The molecule has 3 unspecified atom stereocenters. The molecular formula is C15H23NO2. The molecular weight excluding hydrogens is 226 g/mol. The molecule has 1 aliphatic carbocycles. The second-order valence-electron chi connectivity index (χ2n) is 5.30. The third-order valence-corrected chi connectivity index (χ3v) is 3.52. The maximum Gasteiger partial charge on any atom is 0.119 e. The summed E-state index contributed by atoms with van der Waals surface area (Å²) in [5.74, 6) is 1.63. The molecule has 2 rings (SSSR count). The predicted octanol–water partition coefficient (Wildman–Crippen LogP) is 2.20. The minimum Gasteiger partial charge on any atom is -0.491 e. The van der Waals surface area contributed by atoms with E-state index in [1.807, 2.05) is 30.3 Å². The summed E-state index contributed by atoms with van der Waals surface area (Å²) in [6.07, 6.45) is 3.31. The molecule has 0 aromatic heterocycles. The molecule has 18 heavy (non-hydrogen) atoms. The van der Waals surface area contributed by atoms with Crippen molar-refractivity contribution in [1.82, 2.24) is 5.32 Å². The Morgan fingerprint density at radius 3 is 2.78 bits per heavy atom. The molecule has 0 radical (unpaired) electrons. The average Bonchev–Trinajstić information content (AvgIpc) is 2.81. The molecule has 0 spiro atoms. The monoisotopic (exact) mass is 249 g/mol. The number of nitrogens with one attached hydrogen (secondary N) is 1. The van der Waals surface area contributed by atoms with Crippen molar-refractivity contribution in [3.8, 4) is 5.75 Å². The van der Waals surface area contributed by atoms with Gasteiger partial charge < -0.3 is 15.2 Å². The first-order chi connectivity index (χ1) is 8.74. The number of hydrogen-bond acceptors (Lipinski definition) is 3. The van der Waals surface area contributed by atoms with Gasteiger partial charge in [0.15, 0.2) is 0 Å². The molecule has 3 nitrogen and oxygen atoms in total. The molecule has 1 aliphatic rings. The highest BCUT2D eigenvalue weighted by molar-refractivity contribution is 5.20. The van der Waals surface area contributed by atoms with Crippen LogP contribution in [0.5, 0.6) is 5.75 Å². The van der Waals surface area contributed by atoms with Crippen LogP contribution in [0, 0.1) is 5.92 Å². The van der Waals surface area contributed by atoms with E-state index in [0.717, 1.165) is 11.7 Å². The predicted molar refractivity (Wildman–Crippen MR) is 72.7 cm³/mol. The van der Waals surface area contributed by atoms with Crippen molar-refractivity contribution in [3.05, 3.63) is 30.3 Å². The third kappa shape index (κ3) is 4.31. The maximum absolute atomic E-state index is 9.85. The number of hydrogen-bond donors (Lipinski definition) is 2. The molecule has 0 bridgehead atoms. The van der Waals surface area contributed by atoms with E-state index >= 15 is 0 Å². The number of para-hydroxylation sites is 1. The number of aliphatic hydroxyl groups excluding tert-OH is 1. The number of aliphatic hydroxyl groups is 1. The van der Waals surface area contributed by atoms with Crippen LogP contribution in [0.2, 0.25) is 0 Å². The van der Waals surface area contributed by atoms with Gasteiger partial charge in [0, 0.05) is 12.6 Å². The number of rotatable bonds is 6. The van der Waals surface area contributed by atoms with Crippen molar-refractivity contribution in [2.75, 3.05) is 13.2 Å². The van der Waals surface area contributed by atoms with Crippen LogP contribution in [-0.4, -0.2) is 30.4 Å². The quantitative estimate of drug-likeness (QED) is 0.812. The largest absolute Gasteiger partial charge is 0.491 e. The summed E-state index contributed by atoms with van der Waals surface area (Å²) >= 11 is 0. The van der Waals surface area contributed by atoms with Crippen LogP contribution < -0.4 is 10.1 Å². The third-order valence-electron chi connectivity index (χ3n) is 3.52. The van der Waals surface area contributed by atoms with Gasteiger partial charge in [0.2, 0.25) is 0 Å². The van der Waals surface area contributed by atoms with Crippen LogP contribution in [0.15, 0.2) is 30.3 Å². The van der Waals surface area contributed by atoms with Crippen molar-refractivity contribution < 1.29 is 9.84 Å². The molecule has 1 saturated carbocycles. The van der Waals surface area contributed by atoms with Gasteiger partial charge in [-0.05, 0) is 37.3 Å². The van der Waals surface area contributed by atoms with Crippen molar-refractivity contribution >= 4 is 0 Å². The summed E-state index contributed by atoms with van der Waals surface area (Å²) in [6, 6.07) is 10.2. The van der Waals surface area contributed by atoms with Gasteiger partial charge in [-0.1, -0.05) is 25.1 Å². The number of ether oxygens (including phenoxy) is 1. The molecule has 1 fully saturated rings. The van der Waals surface area contributed by atoms with Crippen LogP contribution in [0.4, 0.5) is 0 Å². The Morgan fingerprint density at radius 1 is 1.33 bits per heavy atom. The lowest BCUT2D eigenvalue weighted by atomic mass is 10.1. The van der Waals surface area contributed by atoms with E-state index in [2.05, 4.69) is 12.2 Å². The summed E-state index contributed by atoms with van der Waals surface area (Å²) in [4.78, 5) is 0. The smallest absolute Gasteiger partial charge is 0.119 e. The first kappa shape index (κ1) is 13.4. The highest BCUT2D eigenvalue weighted by Gasteiger charge is 2.21. The Hall–Kier alpha value is -1.06. The van der Waals surface area contributed by atoms with E-state index in [-0.39, 0.29) is 0 Å². The Kier molecular flexibility index (Phi) is 5.02. The lowest BCUT2D eigenvalue weighted by molar-refractivity contribution is 0.103. The Bertz CT molecular complexity index is 342. The van der Waals surface area contributed by atoms with Gasteiger partial charge in [0.05, 0.1) is 0 Å². The Labute approximate surface area is 109 Å². The molecule has 0 aliphatic heterocycles. The Morgan fingerprint density at radius 2 is 2.11 bits per heavy atom. The molecule has 1 aromatic carbocycles. The molecule has 1 aromatic rings. The topological polar surface area (TPSA) is 41.5 Å². The first-order valence-corrected chi connectivity index (χ1v) is 6.83. The second kappa shape index (κ2) is 6.76. The van der Waals surface area contributed by atoms with E-state index in [9.17, 15) is 5.11 Å². The van der Waals surface area contributed by atoms with Crippen molar-refractivity contribution in [2.45, 2.75) is 38.3 Å². The average molecular weight is 249 g/mol. The normalized spacial score (nSPS) is 25.0. The maximum atomic E-state index is 9.85. The second-order valence-corrected chi connectivity index (χ2v) is 5.30. The van der Waals surface area contributed by atoms with E-state index in [1.54, 1.807) is 0 Å².